The standard InChI is InChI=1S/C15H13NO2S/c16-15(19-11-6-2-1-3-7-11)14-10-17-12-8-4-5-9-13(12)18-14/h1-9,14,16H,10H2. The van der Waals surface area contributed by atoms with E-state index in [0.29, 0.717) is 17.4 Å². The predicted octanol–water partition coefficient (Wildman–Crippen LogP) is 3.60. The van der Waals surface area contributed by atoms with Gasteiger partial charge in [0.05, 0.1) is 0 Å². The zero-order valence-corrected chi connectivity index (χ0v) is 11.0. The number of ether oxygens (including phenoxy) is 2. The fraction of sp³-hybridized carbons (Fsp3) is 0.133. The van der Waals surface area contributed by atoms with Crippen LogP contribution in [0.3, 0.4) is 0 Å². The van der Waals surface area contributed by atoms with Gasteiger partial charge in [-0.15, -0.1) is 0 Å². The lowest BCUT2D eigenvalue weighted by atomic mass is 10.3. The molecule has 2 aromatic carbocycles. The van der Waals surface area contributed by atoms with E-state index < -0.39 is 0 Å². The third-order valence-electron chi connectivity index (χ3n) is 2.77. The third kappa shape index (κ3) is 2.74. The summed E-state index contributed by atoms with van der Waals surface area (Å²) in [7, 11) is 0. The van der Waals surface area contributed by atoms with Crippen LogP contribution in [0.4, 0.5) is 0 Å². The Bertz CT molecular complexity index is 586. The molecule has 1 N–H and O–H groups in total. The predicted molar refractivity (Wildman–Crippen MR) is 76.4 cm³/mol. The first-order chi connectivity index (χ1) is 9.33. The van der Waals surface area contributed by atoms with Crippen LogP contribution in [0.2, 0.25) is 0 Å². The Kier molecular flexibility index (Phi) is 3.42. The van der Waals surface area contributed by atoms with Crippen LogP contribution in [0.15, 0.2) is 59.5 Å². The summed E-state index contributed by atoms with van der Waals surface area (Å²) in [6.45, 7) is 0.385. The number of rotatable bonds is 2. The first kappa shape index (κ1) is 12.1. The van der Waals surface area contributed by atoms with Crippen molar-refractivity contribution in [2.45, 2.75) is 11.0 Å². The van der Waals surface area contributed by atoms with Gasteiger partial charge in [-0.3, -0.25) is 5.41 Å². The smallest absolute Gasteiger partial charge is 0.180 e. The molecule has 19 heavy (non-hydrogen) atoms. The van der Waals surface area contributed by atoms with Crippen molar-refractivity contribution in [2.75, 3.05) is 6.61 Å². The first-order valence-electron chi connectivity index (χ1n) is 6.03. The van der Waals surface area contributed by atoms with E-state index in [-0.39, 0.29) is 6.10 Å². The highest BCUT2D eigenvalue weighted by atomic mass is 32.2. The van der Waals surface area contributed by atoms with E-state index in [1.54, 1.807) is 0 Å². The summed E-state index contributed by atoms with van der Waals surface area (Å²) < 4.78 is 11.4. The van der Waals surface area contributed by atoms with Crippen LogP contribution in [-0.4, -0.2) is 17.8 Å². The first-order valence-corrected chi connectivity index (χ1v) is 6.84. The lowest BCUT2D eigenvalue weighted by Gasteiger charge is -2.26. The van der Waals surface area contributed by atoms with Crippen LogP contribution >= 0.6 is 11.8 Å². The molecule has 3 nitrogen and oxygen atoms in total. The number of fused-ring (bicyclic) bond motifs is 1. The monoisotopic (exact) mass is 271 g/mol. The Balaban J connectivity index is 1.70. The highest BCUT2D eigenvalue weighted by Gasteiger charge is 2.25. The topological polar surface area (TPSA) is 42.3 Å². The maximum Gasteiger partial charge on any atom is 0.180 e. The lowest BCUT2D eigenvalue weighted by molar-refractivity contribution is 0.136. The van der Waals surface area contributed by atoms with E-state index in [9.17, 15) is 0 Å². The average molecular weight is 271 g/mol. The lowest BCUT2D eigenvalue weighted by Crippen LogP contribution is -2.34. The largest absolute Gasteiger partial charge is 0.485 e. The molecule has 0 fully saturated rings. The van der Waals surface area contributed by atoms with Crippen LogP contribution in [0, 0.1) is 5.41 Å². The minimum absolute atomic E-state index is 0.333. The molecule has 0 bridgehead atoms. The highest BCUT2D eigenvalue weighted by Crippen LogP contribution is 2.33. The van der Waals surface area contributed by atoms with Gasteiger partial charge in [0.15, 0.2) is 17.6 Å². The summed E-state index contributed by atoms with van der Waals surface area (Å²) >= 11 is 1.40. The molecule has 96 valence electrons. The number of thioether (sulfide) groups is 1. The molecule has 3 rings (SSSR count). The summed E-state index contributed by atoms with van der Waals surface area (Å²) in [6, 6.07) is 17.4. The Morgan fingerprint density at radius 2 is 1.68 bits per heavy atom. The zero-order chi connectivity index (χ0) is 13.1. The molecule has 4 heteroatoms. The van der Waals surface area contributed by atoms with E-state index >= 15 is 0 Å². The summed E-state index contributed by atoms with van der Waals surface area (Å²) in [4.78, 5) is 1.04. The summed E-state index contributed by atoms with van der Waals surface area (Å²) in [6.07, 6.45) is -0.333. The number of hydrogen-bond donors (Lipinski definition) is 1. The number of hydrogen-bond acceptors (Lipinski definition) is 4. The van der Waals surface area contributed by atoms with Crippen molar-refractivity contribution < 1.29 is 9.47 Å². The van der Waals surface area contributed by atoms with E-state index in [4.69, 9.17) is 14.9 Å². The molecular weight excluding hydrogens is 258 g/mol. The second-order valence-corrected chi connectivity index (χ2v) is 5.26. The van der Waals surface area contributed by atoms with Crippen molar-refractivity contribution in [1.29, 1.82) is 5.41 Å². The second-order valence-electron chi connectivity index (χ2n) is 4.14. The van der Waals surface area contributed by atoms with Gasteiger partial charge in [0.1, 0.15) is 11.7 Å². The normalized spacial score (nSPS) is 16.9. The Labute approximate surface area is 116 Å². The van der Waals surface area contributed by atoms with Gasteiger partial charge in [-0.2, -0.15) is 0 Å². The van der Waals surface area contributed by atoms with Crippen molar-refractivity contribution in [3.8, 4) is 11.5 Å². The molecule has 0 radical (unpaired) electrons. The van der Waals surface area contributed by atoms with Crippen molar-refractivity contribution in [3.63, 3.8) is 0 Å². The summed E-state index contributed by atoms with van der Waals surface area (Å²) in [5, 5.41) is 8.58. The third-order valence-corrected chi connectivity index (χ3v) is 3.76. The van der Waals surface area contributed by atoms with Gasteiger partial charge >= 0.3 is 0 Å². The molecule has 0 saturated heterocycles. The van der Waals surface area contributed by atoms with Gasteiger partial charge < -0.3 is 9.47 Å². The molecular formula is C15H13NO2S. The second kappa shape index (κ2) is 5.36. The minimum atomic E-state index is -0.333. The molecule has 1 heterocycles. The average Bonchev–Trinajstić information content (AvgIpc) is 2.48. The van der Waals surface area contributed by atoms with Crippen LogP contribution in [0.25, 0.3) is 0 Å². The van der Waals surface area contributed by atoms with Crippen molar-refractivity contribution in [1.82, 2.24) is 0 Å². The minimum Gasteiger partial charge on any atom is -0.485 e. The van der Waals surface area contributed by atoms with Gasteiger partial charge in [-0.1, -0.05) is 42.1 Å². The number of para-hydroxylation sites is 2. The molecule has 0 aliphatic carbocycles. The Morgan fingerprint density at radius 3 is 2.47 bits per heavy atom. The fourth-order valence-corrected chi connectivity index (χ4v) is 2.62. The maximum atomic E-state index is 8.12. The van der Waals surface area contributed by atoms with Crippen molar-refractivity contribution in [3.05, 3.63) is 54.6 Å². The SMILES string of the molecule is N=C(Sc1ccccc1)C1COc2ccccc2O1. The zero-order valence-electron chi connectivity index (χ0n) is 10.2. The van der Waals surface area contributed by atoms with E-state index in [2.05, 4.69) is 0 Å². The van der Waals surface area contributed by atoms with E-state index in [0.717, 1.165) is 10.6 Å². The van der Waals surface area contributed by atoms with Gasteiger partial charge in [-0.05, 0) is 24.3 Å². The maximum absolute atomic E-state index is 8.12. The van der Waals surface area contributed by atoms with Gasteiger partial charge in [0.2, 0.25) is 0 Å². The fourth-order valence-electron chi connectivity index (χ4n) is 1.83. The Hall–Kier alpha value is -1.94. The van der Waals surface area contributed by atoms with Gasteiger partial charge in [0, 0.05) is 4.90 Å². The summed E-state index contributed by atoms with van der Waals surface area (Å²) in [5.41, 5.74) is 0. The van der Waals surface area contributed by atoms with Crippen LogP contribution in [-0.2, 0) is 0 Å². The highest BCUT2D eigenvalue weighted by molar-refractivity contribution is 8.14. The van der Waals surface area contributed by atoms with Crippen molar-refractivity contribution in [2.24, 2.45) is 0 Å². The van der Waals surface area contributed by atoms with Crippen LogP contribution in [0.5, 0.6) is 11.5 Å². The van der Waals surface area contributed by atoms with Gasteiger partial charge in [-0.25, -0.2) is 0 Å². The Morgan fingerprint density at radius 1 is 1.00 bits per heavy atom. The van der Waals surface area contributed by atoms with Gasteiger partial charge in [0.25, 0.3) is 0 Å². The molecule has 0 amide bonds. The van der Waals surface area contributed by atoms with Crippen LogP contribution in [0.1, 0.15) is 0 Å². The van der Waals surface area contributed by atoms with E-state index in [1.807, 2.05) is 54.6 Å². The van der Waals surface area contributed by atoms with E-state index in [1.165, 1.54) is 11.8 Å². The molecule has 1 unspecified atom stereocenters. The molecule has 2 aromatic rings. The molecule has 0 spiro atoms. The summed E-state index contributed by atoms with van der Waals surface area (Å²) in [5.74, 6) is 1.45. The molecule has 0 saturated carbocycles. The van der Waals surface area contributed by atoms with Crippen molar-refractivity contribution >= 4 is 16.8 Å². The molecule has 1 atom stereocenters. The molecule has 0 aromatic heterocycles. The molecule has 1 aliphatic heterocycles. The molecule has 1 aliphatic rings. The quantitative estimate of drug-likeness (QED) is 0.515. The number of nitrogens with one attached hydrogen (secondary N) is 1. The number of benzene rings is 2. The van der Waals surface area contributed by atoms with Crippen LogP contribution < -0.4 is 9.47 Å².